The zero-order valence-corrected chi connectivity index (χ0v) is 10.9. The number of alkyl halides is 3. The molecular formula is C11H17F3N2O4. The molecule has 2 amide bonds. The second-order valence-electron chi connectivity index (χ2n) is 4.20. The maximum atomic E-state index is 11.8. The molecule has 0 saturated carbocycles. The Kier molecular flexibility index (Phi) is 7.63. The molecule has 20 heavy (non-hydrogen) atoms. The number of rotatable bonds is 8. The van der Waals surface area contributed by atoms with Crippen molar-refractivity contribution in [1.82, 2.24) is 10.6 Å². The number of hydrogen-bond acceptors (Lipinski definition) is 3. The van der Waals surface area contributed by atoms with Gasteiger partial charge in [-0.1, -0.05) is 13.3 Å². The lowest BCUT2D eigenvalue weighted by molar-refractivity contribution is -0.142. The number of carboxylic acids is 1. The Hall–Kier alpha value is -1.80. The van der Waals surface area contributed by atoms with Crippen molar-refractivity contribution in [1.29, 1.82) is 0 Å². The maximum Gasteiger partial charge on any atom is 0.405 e. The summed E-state index contributed by atoms with van der Waals surface area (Å²) in [5.74, 6) is -3.73. The fourth-order valence-electron chi connectivity index (χ4n) is 1.37. The number of aliphatic carboxylic acids is 1. The quantitative estimate of drug-likeness (QED) is 0.574. The molecule has 0 aromatic heterocycles. The summed E-state index contributed by atoms with van der Waals surface area (Å²) in [6, 6.07) is 0. The molecule has 0 fully saturated rings. The molecule has 0 saturated heterocycles. The Bertz CT molecular complexity index is 358. The second-order valence-corrected chi connectivity index (χ2v) is 4.20. The number of carboxylic acid groups (broad SMARTS) is 1. The minimum atomic E-state index is -4.54. The molecule has 0 spiro atoms. The van der Waals surface area contributed by atoms with E-state index in [1.165, 1.54) is 0 Å². The number of carbonyl (C=O) groups is 3. The molecule has 6 nitrogen and oxygen atoms in total. The van der Waals surface area contributed by atoms with Gasteiger partial charge in [0.05, 0.1) is 5.92 Å². The summed E-state index contributed by atoms with van der Waals surface area (Å²) in [5, 5.41) is 12.6. The third-order valence-corrected chi connectivity index (χ3v) is 2.34. The molecule has 1 unspecified atom stereocenters. The summed E-state index contributed by atoms with van der Waals surface area (Å²) in [6.07, 6.45) is -4.34. The van der Waals surface area contributed by atoms with Crippen molar-refractivity contribution in [2.45, 2.75) is 32.4 Å². The van der Waals surface area contributed by atoms with Crippen LogP contribution in [0.1, 0.15) is 26.2 Å². The van der Waals surface area contributed by atoms with Crippen molar-refractivity contribution in [3.63, 3.8) is 0 Å². The van der Waals surface area contributed by atoms with Gasteiger partial charge in [-0.05, 0) is 6.42 Å². The first-order valence-corrected chi connectivity index (χ1v) is 5.98. The summed E-state index contributed by atoms with van der Waals surface area (Å²) in [4.78, 5) is 33.1. The Labute approximate surface area is 113 Å². The fraction of sp³-hybridized carbons (Fsp3) is 0.727. The molecule has 0 rings (SSSR count). The summed E-state index contributed by atoms with van der Waals surface area (Å²) in [6.45, 7) is 0.115. The van der Waals surface area contributed by atoms with Crippen molar-refractivity contribution < 1.29 is 32.7 Å². The summed E-state index contributed by atoms with van der Waals surface area (Å²) in [7, 11) is 0. The molecule has 0 bridgehead atoms. The topological polar surface area (TPSA) is 95.5 Å². The van der Waals surface area contributed by atoms with Crippen LogP contribution in [0.5, 0.6) is 0 Å². The SMILES string of the molecule is CCCC(CNC(=O)CC(=O)NCC(F)(F)F)C(=O)O. The van der Waals surface area contributed by atoms with Crippen LogP contribution in [0.2, 0.25) is 0 Å². The predicted molar refractivity (Wildman–Crippen MR) is 62.7 cm³/mol. The van der Waals surface area contributed by atoms with E-state index >= 15 is 0 Å². The van der Waals surface area contributed by atoms with E-state index in [0.29, 0.717) is 12.8 Å². The van der Waals surface area contributed by atoms with Crippen molar-refractivity contribution in [2.75, 3.05) is 13.1 Å². The molecule has 0 aliphatic heterocycles. The molecule has 116 valence electrons. The molecule has 0 heterocycles. The summed E-state index contributed by atoms with van der Waals surface area (Å²) >= 11 is 0. The third kappa shape index (κ3) is 9.17. The van der Waals surface area contributed by atoms with E-state index in [4.69, 9.17) is 5.11 Å². The van der Waals surface area contributed by atoms with E-state index in [2.05, 4.69) is 5.32 Å². The van der Waals surface area contributed by atoms with Crippen LogP contribution in [-0.2, 0) is 14.4 Å². The maximum absolute atomic E-state index is 11.8. The van der Waals surface area contributed by atoms with Gasteiger partial charge in [0.15, 0.2) is 0 Å². The first-order valence-electron chi connectivity index (χ1n) is 5.98. The van der Waals surface area contributed by atoms with Crippen molar-refractivity contribution in [3.8, 4) is 0 Å². The lowest BCUT2D eigenvalue weighted by atomic mass is 10.0. The van der Waals surface area contributed by atoms with Gasteiger partial charge in [0.25, 0.3) is 0 Å². The molecule has 0 aliphatic carbocycles. The van der Waals surface area contributed by atoms with Crippen molar-refractivity contribution in [2.24, 2.45) is 5.92 Å². The van der Waals surface area contributed by atoms with Gasteiger partial charge in [0.2, 0.25) is 11.8 Å². The minimum absolute atomic E-state index is 0.158. The van der Waals surface area contributed by atoms with Crippen LogP contribution in [0.3, 0.4) is 0 Å². The van der Waals surface area contributed by atoms with Crippen LogP contribution < -0.4 is 10.6 Å². The number of nitrogens with one attached hydrogen (secondary N) is 2. The Morgan fingerprint density at radius 2 is 1.70 bits per heavy atom. The van der Waals surface area contributed by atoms with Crippen molar-refractivity contribution in [3.05, 3.63) is 0 Å². The fourth-order valence-corrected chi connectivity index (χ4v) is 1.37. The molecular weight excluding hydrogens is 281 g/mol. The van der Waals surface area contributed by atoms with Gasteiger partial charge in [-0.25, -0.2) is 0 Å². The van der Waals surface area contributed by atoms with Crippen LogP contribution in [-0.4, -0.2) is 42.2 Å². The van der Waals surface area contributed by atoms with E-state index < -0.39 is 42.8 Å². The van der Waals surface area contributed by atoms with Gasteiger partial charge in [0.1, 0.15) is 13.0 Å². The van der Waals surface area contributed by atoms with Gasteiger partial charge >= 0.3 is 12.1 Å². The standard InChI is InChI=1S/C11H17F3N2O4/c1-2-3-7(10(19)20)5-15-8(17)4-9(18)16-6-11(12,13)14/h7H,2-6H2,1H3,(H,15,17)(H,16,18)(H,19,20). The molecule has 1 atom stereocenters. The Morgan fingerprint density at radius 1 is 1.15 bits per heavy atom. The summed E-state index contributed by atoms with van der Waals surface area (Å²) < 4.78 is 35.4. The largest absolute Gasteiger partial charge is 0.481 e. The number of hydrogen-bond donors (Lipinski definition) is 3. The smallest absolute Gasteiger partial charge is 0.405 e. The van der Waals surface area contributed by atoms with Gasteiger partial charge in [-0.3, -0.25) is 14.4 Å². The number of halogens is 3. The summed E-state index contributed by atoms with van der Waals surface area (Å²) in [5.41, 5.74) is 0. The molecule has 0 aliphatic rings. The lowest BCUT2D eigenvalue weighted by Crippen LogP contribution is -2.39. The molecule has 9 heteroatoms. The predicted octanol–water partition coefficient (Wildman–Crippen LogP) is 0.672. The van der Waals surface area contributed by atoms with Gasteiger partial charge < -0.3 is 15.7 Å². The second kappa shape index (κ2) is 8.39. The number of carbonyl (C=O) groups excluding carboxylic acids is 2. The molecule has 0 aromatic carbocycles. The van der Waals surface area contributed by atoms with E-state index in [1.807, 2.05) is 0 Å². The molecule has 3 N–H and O–H groups in total. The van der Waals surface area contributed by atoms with Gasteiger partial charge in [-0.15, -0.1) is 0 Å². The van der Waals surface area contributed by atoms with E-state index in [-0.39, 0.29) is 6.54 Å². The van der Waals surface area contributed by atoms with Crippen LogP contribution >= 0.6 is 0 Å². The first kappa shape index (κ1) is 18.2. The monoisotopic (exact) mass is 298 g/mol. The molecule has 0 radical (unpaired) electrons. The Morgan fingerprint density at radius 3 is 2.15 bits per heavy atom. The van der Waals surface area contributed by atoms with Crippen LogP contribution in [0, 0.1) is 5.92 Å². The van der Waals surface area contributed by atoms with Crippen molar-refractivity contribution >= 4 is 17.8 Å². The average molecular weight is 298 g/mol. The van der Waals surface area contributed by atoms with Crippen LogP contribution in [0.15, 0.2) is 0 Å². The highest BCUT2D eigenvalue weighted by Gasteiger charge is 2.28. The highest BCUT2D eigenvalue weighted by Crippen LogP contribution is 2.12. The first-order chi connectivity index (χ1) is 9.15. The van der Waals surface area contributed by atoms with Crippen LogP contribution in [0.25, 0.3) is 0 Å². The lowest BCUT2D eigenvalue weighted by Gasteiger charge is -2.12. The van der Waals surface area contributed by atoms with Gasteiger partial charge in [-0.2, -0.15) is 13.2 Å². The Balaban J connectivity index is 4.04. The zero-order valence-electron chi connectivity index (χ0n) is 10.9. The van der Waals surface area contributed by atoms with E-state index in [9.17, 15) is 27.6 Å². The normalized spacial score (nSPS) is 12.6. The van der Waals surface area contributed by atoms with Crippen LogP contribution in [0.4, 0.5) is 13.2 Å². The number of amides is 2. The third-order valence-electron chi connectivity index (χ3n) is 2.34. The average Bonchev–Trinajstić information content (AvgIpc) is 2.30. The minimum Gasteiger partial charge on any atom is -0.481 e. The zero-order chi connectivity index (χ0) is 15.8. The molecule has 0 aromatic rings. The highest BCUT2D eigenvalue weighted by atomic mass is 19.4. The highest BCUT2D eigenvalue weighted by molar-refractivity contribution is 5.96. The van der Waals surface area contributed by atoms with E-state index in [1.54, 1.807) is 12.2 Å². The van der Waals surface area contributed by atoms with Gasteiger partial charge in [0, 0.05) is 6.54 Å². The van der Waals surface area contributed by atoms with E-state index in [0.717, 1.165) is 0 Å².